The zero-order valence-electron chi connectivity index (χ0n) is 17.1. The summed E-state index contributed by atoms with van der Waals surface area (Å²) in [4.78, 5) is 16.3. The number of amides is 1. The smallest absolute Gasteiger partial charge is 0.410 e. The number of nitrogens with zero attached hydrogens (tertiary/aromatic N) is 3. The number of hydrogen-bond donors (Lipinski definition) is 0. The molecule has 27 heavy (non-hydrogen) atoms. The summed E-state index contributed by atoms with van der Waals surface area (Å²) in [5.74, 6) is 0. The number of rotatable bonds is 6. The summed E-state index contributed by atoms with van der Waals surface area (Å²) >= 11 is 0. The van der Waals surface area contributed by atoms with E-state index in [0.29, 0.717) is 24.5 Å². The summed E-state index contributed by atoms with van der Waals surface area (Å²) in [6.07, 6.45) is -0.283. The fourth-order valence-corrected chi connectivity index (χ4v) is 3.88. The molecule has 0 atom stereocenters. The largest absolute Gasteiger partial charge is 0.444 e. The number of likely N-dealkylation sites (N-methyl/N-ethyl adjacent to an activating group) is 1. The highest BCUT2D eigenvalue weighted by Crippen LogP contribution is 2.22. The molecule has 2 rings (SSSR count). The van der Waals surface area contributed by atoms with Crippen LogP contribution < -0.4 is 0 Å². The normalized spacial score (nSPS) is 15.9. The van der Waals surface area contributed by atoms with Gasteiger partial charge in [0.25, 0.3) is 0 Å². The summed E-state index contributed by atoms with van der Waals surface area (Å²) < 4.78 is 31.3. The van der Waals surface area contributed by atoms with Crippen LogP contribution in [0.5, 0.6) is 0 Å². The van der Waals surface area contributed by atoms with Crippen molar-refractivity contribution in [3.63, 3.8) is 0 Å². The summed E-state index contributed by atoms with van der Waals surface area (Å²) in [5.41, 5.74) is 0.445. The second kappa shape index (κ2) is 8.16. The Kier molecular flexibility index (Phi) is 6.55. The van der Waals surface area contributed by atoms with E-state index >= 15 is 0 Å². The third-order valence-electron chi connectivity index (χ3n) is 4.50. The van der Waals surface area contributed by atoms with E-state index in [0.717, 1.165) is 12.1 Å². The SMILES string of the molecule is CCN(Cc1cccc(S(=O)(=O)N(C)C)c1)C1CN(C(=O)OC(C)(C)C)C1. The van der Waals surface area contributed by atoms with Crippen molar-refractivity contribution in [1.82, 2.24) is 14.1 Å². The molecule has 0 N–H and O–H groups in total. The standard InChI is InChI=1S/C19H31N3O4S/c1-7-21(16-13-22(14-16)18(23)26-19(2,3)4)12-15-9-8-10-17(11-15)27(24,25)20(5)6/h8-11,16H,7,12-14H2,1-6H3. The zero-order chi connectivity index (χ0) is 20.4. The zero-order valence-corrected chi connectivity index (χ0v) is 17.9. The van der Waals surface area contributed by atoms with E-state index in [1.54, 1.807) is 23.1 Å². The number of carbonyl (C=O) groups is 1. The molecule has 1 fully saturated rings. The van der Waals surface area contributed by atoms with Crippen molar-refractivity contribution in [3.05, 3.63) is 29.8 Å². The Labute approximate surface area is 162 Å². The van der Waals surface area contributed by atoms with E-state index in [-0.39, 0.29) is 12.1 Å². The third-order valence-corrected chi connectivity index (χ3v) is 6.31. The molecule has 1 aliphatic heterocycles. The molecular formula is C19H31N3O4S. The van der Waals surface area contributed by atoms with Crippen LogP contribution in [0.3, 0.4) is 0 Å². The molecular weight excluding hydrogens is 366 g/mol. The lowest BCUT2D eigenvalue weighted by Crippen LogP contribution is -2.61. The molecule has 0 aromatic heterocycles. The van der Waals surface area contributed by atoms with Gasteiger partial charge < -0.3 is 9.64 Å². The fourth-order valence-electron chi connectivity index (χ4n) is 2.91. The molecule has 0 bridgehead atoms. The van der Waals surface area contributed by atoms with Gasteiger partial charge in [-0.25, -0.2) is 17.5 Å². The van der Waals surface area contributed by atoms with Gasteiger partial charge in [0.15, 0.2) is 0 Å². The lowest BCUT2D eigenvalue weighted by Gasteiger charge is -2.45. The van der Waals surface area contributed by atoms with Gasteiger partial charge >= 0.3 is 6.09 Å². The van der Waals surface area contributed by atoms with E-state index in [1.807, 2.05) is 26.8 Å². The van der Waals surface area contributed by atoms with Gasteiger partial charge in [0.05, 0.1) is 4.90 Å². The van der Waals surface area contributed by atoms with Crippen LogP contribution >= 0.6 is 0 Å². The van der Waals surface area contributed by atoms with Crippen LogP contribution in [-0.2, 0) is 21.3 Å². The molecule has 1 aliphatic rings. The van der Waals surface area contributed by atoms with Crippen LogP contribution in [0.15, 0.2) is 29.2 Å². The molecule has 0 aliphatic carbocycles. The van der Waals surface area contributed by atoms with Crippen molar-refractivity contribution in [3.8, 4) is 0 Å². The molecule has 1 saturated heterocycles. The highest BCUT2D eigenvalue weighted by molar-refractivity contribution is 7.89. The predicted molar refractivity (Wildman–Crippen MR) is 105 cm³/mol. The van der Waals surface area contributed by atoms with Gasteiger partial charge in [0.1, 0.15) is 5.60 Å². The second-order valence-corrected chi connectivity index (χ2v) is 10.2. The Morgan fingerprint density at radius 3 is 2.41 bits per heavy atom. The third kappa shape index (κ3) is 5.43. The van der Waals surface area contributed by atoms with E-state index in [4.69, 9.17) is 4.74 Å². The number of hydrogen-bond acceptors (Lipinski definition) is 5. The Bertz CT molecular complexity index is 765. The fraction of sp³-hybridized carbons (Fsp3) is 0.632. The Morgan fingerprint density at radius 2 is 1.89 bits per heavy atom. The van der Waals surface area contributed by atoms with Gasteiger partial charge in [-0.2, -0.15) is 0 Å². The van der Waals surface area contributed by atoms with E-state index in [2.05, 4.69) is 11.8 Å². The maximum absolute atomic E-state index is 12.3. The molecule has 0 radical (unpaired) electrons. The summed E-state index contributed by atoms with van der Waals surface area (Å²) in [5, 5.41) is 0. The number of benzene rings is 1. The molecule has 1 aromatic carbocycles. The van der Waals surface area contributed by atoms with Gasteiger partial charge in [-0.3, -0.25) is 4.90 Å². The maximum Gasteiger partial charge on any atom is 0.410 e. The number of sulfonamides is 1. The molecule has 7 nitrogen and oxygen atoms in total. The highest BCUT2D eigenvalue weighted by Gasteiger charge is 2.36. The minimum absolute atomic E-state index is 0.247. The summed E-state index contributed by atoms with van der Waals surface area (Å²) in [6.45, 7) is 10.3. The van der Waals surface area contributed by atoms with Gasteiger partial charge in [-0.1, -0.05) is 19.1 Å². The van der Waals surface area contributed by atoms with E-state index in [9.17, 15) is 13.2 Å². The van der Waals surface area contributed by atoms with Crippen molar-refractivity contribution in [1.29, 1.82) is 0 Å². The molecule has 1 amide bonds. The first-order valence-corrected chi connectivity index (χ1v) is 10.6. The van der Waals surface area contributed by atoms with Crippen molar-refractivity contribution in [2.24, 2.45) is 0 Å². The van der Waals surface area contributed by atoms with Gasteiger partial charge in [-0.15, -0.1) is 0 Å². The molecule has 1 aromatic rings. The monoisotopic (exact) mass is 397 g/mol. The first-order valence-electron chi connectivity index (χ1n) is 9.17. The van der Waals surface area contributed by atoms with Crippen molar-refractivity contribution in [2.75, 3.05) is 33.7 Å². The molecule has 152 valence electrons. The van der Waals surface area contributed by atoms with Gasteiger partial charge in [0.2, 0.25) is 10.0 Å². The van der Waals surface area contributed by atoms with Crippen molar-refractivity contribution >= 4 is 16.1 Å². The molecule has 1 heterocycles. The van der Waals surface area contributed by atoms with E-state index in [1.165, 1.54) is 18.4 Å². The summed E-state index contributed by atoms with van der Waals surface area (Å²) in [6, 6.07) is 7.29. The second-order valence-electron chi connectivity index (χ2n) is 8.04. The van der Waals surface area contributed by atoms with Crippen LogP contribution in [0.2, 0.25) is 0 Å². The molecule has 0 unspecified atom stereocenters. The van der Waals surface area contributed by atoms with Crippen LogP contribution in [0.25, 0.3) is 0 Å². The van der Waals surface area contributed by atoms with Crippen LogP contribution in [0.4, 0.5) is 4.79 Å². The minimum Gasteiger partial charge on any atom is -0.444 e. The Balaban J connectivity index is 2.00. The number of likely N-dealkylation sites (tertiary alicyclic amines) is 1. The van der Waals surface area contributed by atoms with E-state index < -0.39 is 15.6 Å². The number of carbonyl (C=O) groups excluding carboxylic acids is 1. The van der Waals surface area contributed by atoms with Gasteiger partial charge in [-0.05, 0) is 45.0 Å². The number of ether oxygens (including phenoxy) is 1. The van der Waals surface area contributed by atoms with Crippen LogP contribution in [-0.4, -0.2) is 74.0 Å². The minimum atomic E-state index is -3.45. The van der Waals surface area contributed by atoms with Crippen molar-refractivity contribution < 1.29 is 17.9 Å². The highest BCUT2D eigenvalue weighted by atomic mass is 32.2. The topological polar surface area (TPSA) is 70.2 Å². The van der Waals surface area contributed by atoms with Gasteiger partial charge in [0, 0.05) is 39.8 Å². The summed E-state index contributed by atoms with van der Waals surface area (Å²) in [7, 11) is -0.390. The van der Waals surface area contributed by atoms with Crippen LogP contribution in [0.1, 0.15) is 33.3 Å². The maximum atomic E-state index is 12.3. The lowest BCUT2D eigenvalue weighted by atomic mass is 10.1. The Hall–Kier alpha value is -1.64. The average molecular weight is 398 g/mol. The average Bonchev–Trinajstić information content (AvgIpc) is 2.50. The van der Waals surface area contributed by atoms with Crippen molar-refractivity contribution in [2.45, 2.75) is 50.8 Å². The quantitative estimate of drug-likeness (QED) is 0.737. The lowest BCUT2D eigenvalue weighted by molar-refractivity contribution is -0.0160. The molecule has 8 heteroatoms. The van der Waals surface area contributed by atoms with Crippen LogP contribution in [0, 0.1) is 0 Å². The molecule has 0 spiro atoms. The first-order chi connectivity index (χ1) is 12.4. The molecule has 0 saturated carbocycles. The Morgan fingerprint density at radius 1 is 1.26 bits per heavy atom. The first kappa shape index (κ1) is 21.7. The predicted octanol–water partition coefficient (Wildman–Crippen LogP) is 2.38.